The number of hydrogen-bond acceptors (Lipinski definition) is 9. The minimum Gasteiger partial charge on any atom is -0.488 e. The molecule has 1 N–H and O–H groups in total. The molecule has 0 atom stereocenters. The average molecular weight is 462 g/mol. The number of morpholine rings is 1. The number of ether oxygens (including phenoxy) is 2. The Morgan fingerprint density at radius 2 is 1.82 bits per heavy atom. The van der Waals surface area contributed by atoms with Crippen LogP contribution in [-0.2, 0) is 17.8 Å². The standard InChI is InChI=1S/C25H31N7O2/c1-31-15-17-14-28-25(30-22(17)16-31)29-18-2-4-20(5-3-18)34-23-13-19(32-8-10-33-11-9-32)12-21-24(23)27-7-6-26-21/h6-7,12-14,18,20H,2-5,8-11,15-16H2,1H3,(H,28,29,30). The Labute approximate surface area is 199 Å². The lowest BCUT2D eigenvalue weighted by Gasteiger charge is -2.31. The van der Waals surface area contributed by atoms with Crippen LogP contribution in [-0.4, -0.2) is 70.3 Å². The fraction of sp³-hybridized carbons (Fsp3) is 0.520. The van der Waals surface area contributed by atoms with Gasteiger partial charge >= 0.3 is 0 Å². The van der Waals surface area contributed by atoms with Gasteiger partial charge in [-0.2, -0.15) is 0 Å². The molecule has 6 rings (SSSR count). The molecule has 9 heteroatoms. The lowest BCUT2D eigenvalue weighted by atomic mass is 9.93. The summed E-state index contributed by atoms with van der Waals surface area (Å²) in [5.74, 6) is 1.58. The number of rotatable bonds is 5. The largest absolute Gasteiger partial charge is 0.488 e. The number of aromatic nitrogens is 4. The zero-order valence-corrected chi connectivity index (χ0v) is 19.6. The van der Waals surface area contributed by atoms with Crippen LogP contribution in [0.25, 0.3) is 11.0 Å². The summed E-state index contributed by atoms with van der Waals surface area (Å²) in [5, 5.41) is 3.55. The molecule has 0 bridgehead atoms. The molecule has 9 nitrogen and oxygen atoms in total. The topological polar surface area (TPSA) is 88.5 Å². The lowest BCUT2D eigenvalue weighted by Crippen LogP contribution is -2.36. The first-order chi connectivity index (χ1) is 16.7. The Kier molecular flexibility index (Phi) is 5.88. The SMILES string of the molecule is CN1Cc2cnc(NC3CCC(Oc4cc(N5CCOCC5)cc5nccnc45)CC3)nc2C1. The highest BCUT2D eigenvalue weighted by molar-refractivity contribution is 5.85. The molecule has 0 amide bonds. The number of hydrogen-bond donors (Lipinski definition) is 1. The molecule has 0 unspecified atom stereocenters. The number of anilines is 2. The third kappa shape index (κ3) is 4.50. The fourth-order valence-electron chi connectivity index (χ4n) is 5.19. The maximum absolute atomic E-state index is 6.55. The Bertz CT molecular complexity index is 1160. The van der Waals surface area contributed by atoms with Gasteiger partial charge in [0.05, 0.1) is 30.5 Å². The molecule has 0 radical (unpaired) electrons. The van der Waals surface area contributed by atoms with E-state index in [1.807, 2.05) is 6.20 Å². The Morgan fingerprint density at radius 3 is 2.68 bits per heavy atom. The second-order valence-corrected chi connectivity index (χ2v) is 9.54. The van der Waals surface area contributed by atoms with Crippen LogP contribution in [0, 0.1) is 0 Å². The zero-order valence-electron chi connectivity index (χ0n) is 19.6. The van der Waals surface area contributed by atoms with Gasteiger partial charge in [0.1, 0.15) is 11.3 Å². The van der Waals surface area contributed by atoms with E-state index in [2.05, 4.69) is 49.2 Å². The normalized spacial score (nSPS) is 23.1. The molecule has 1 aromatic carbocycles. The molecule has 3 aromatic rings. The van der Waals surface area contributed by atoms with E-state index in [0.29, 0.717) is 6.04 Å². The van der Waals surface area contributed by atoms with Gasteiger partial charge in [-0.1, -0.05) is 0 Å². The van der Waals surface area contributed by atoms with Crippen LogP contribution in [0.2, 0.25) is 0 Å². The van der Waals surface area contributed by atoms with Gasteiger partial charge in [0.25, 0.3) is 0 Å². The monoisotopic (exact) mass is 461 g/mol. The molecule has 2 aliphatic heterocycles. The van der Waals surface area contributed by atoms with E-state index in [1.165, 1.54) is 5.56 Å². The highest BCUT2D eigenvalue weighted by atomic mass is 16.5. The highest BCUT2D eigenvalue weighted by Gasteiger charge is 2.25. The van der Waals surface area contributed by atoms with Gasteiger partial charge in [-0.3, -0.25) is 9.88 Å². The van der Waals surface area contributed by atoms with E-state index in [9.17, 15) is 0 Å². The summed E-state index contributed by atoms with van der Waals surface area (Å²) in [6, 6.07) is 4.60. The van der Waals surface area contributed by atoms with Crippen LogP contribution in [0.5, 0.6) is 5.75 Å². The second kappa shape index (κ2) is 9.31. The molecule has 2 aromatic heterocycles. The summed E-state index contributed by atoms with van der Waals surface area (Å²) in [6.45, 7) is 5.08. The van der Waals surface area contributed by atoms with Crippen LogP contribution in [0.15, 0.2) is 30.7 Å². The van der Waals surface area contributed by atoms with Crippen molar-refractivity contribution in [3.63, 3.8) is 0 Å². The van der Waals surface area contributed by atoms with Crippen molar-refractivity contribution in [2.45, 2.75) is 50.9 Å². The minimum absolute atomic E-state index is 0.165. The van der Waals surface area contributed by atoms with Crippen molar-refractivity contribution in [2.24, 2.45) is 0 Å². The van der Waals surface area contributed by atoms with Crippen molar-refractivity contribution in [1.29, 1.82) is 0 Å². The molecule has 1 aliphatic carbocycles. The van der Waals surface area contributed by atoms with Crippen LogP contribution < -0.4 is 15.0 Å². The van der Waals surface area contributed by atoms with Gasteiger partial charge < -0.3 is 19.7 Å². The van der Waals surface area contributed by atoms with E-state index in [0.717, 1.165) is 99.2 Å². The molecule has 178 valence electrons. The molecule has 34 heavy (non-hydrogen) atoms. The number of nitrogens with one attached hydrogen (secondary N) is 1. The minimum atomic E-state index is 0.165. The maximum Gasteiger partial charge on any atom is 0.223 e. The average Bonchev–Trinajstić information content (AvgIpc) is 3.25. The van der Waals surface area contributed by atoms with Crippen LogP contribution >= 0.6 is 0 Å². The summed E-state index contributed by atoms with van der Waals surface area (Å²) in [6.07, 6.45) is 9.62. The van der Waals surface area contributed by atoms with Crippen molar-refractivity contribution in [3.05, 3.63) is 42.0 Å². The Hall–Kier alpha value is -3.04. The second-order valence-electron chi connectivity index (χ2n) is 9.54. The predicted octanol–water partition coefficient (Wildman–Crippen LogP) is 3.00. The van der Waals surface area contributed by atoms with Gasteiger partial charge in [0, 0.05) is 68.1 Å². The molecule has 3 aliphatic rings. The number of nitrogens with zero attached hydrogens (tertiary/aromatic N) is 6. The van der Waals surface area contributed by atoms with E-state index < -0.39 is 0 Å². The molecular weight excluding hydrogens is 430 g/mol. The van der Waals surface area contributed by atoms with E-state index >= 15 is 0 Å². The molecule has 2 fully saturated rings. The van der Waals surface area contributed by atoms with Crippen molar-refractivity contribution in [1.82, 2.24) is 24.8 Å². The van der Waals surface area contributed by atoms with Crippen molar-refractivity contribution in [3.8, 4) is 5.75 Å². The molecule has 1 saturated carbocycles. The van der Waals surface area contributed by atoms with Gasteiger partial charge in [0.2, 0.25) is 5.95 Å². The summed E-state index contributed by atoms with van der Waals surface area (Å²) in [4.78, 5) is 23.0. The summed E-state index contributed by atoms with van der Waals surface area (Å²) in [7, 11) is 2.11. The molecular formula is C25H31N7O2. The van der Waals surface area contributed by atoms with E-state index in [4.69, 9.17) is 14.5 Å². The number of fused-ring (bicyclic) bond motifs is 2. The summed E-state index contributed by atoms with van der Waals surface area (Å²) >= 11 is 0. The van der Waals surface area contributed by atoms with Gasteiger partial charge in [0.15, 0.2) is 0 Å². The molecule has 1 saturated heterocycles. The number of benzene rings is 1. The van der Waals surface area contributed by atoms with E-state index in [1.54, 1.807) is 12.4 Å². The third-order valence-corrected chi connectivity index (χ3v) is 7.01. The maximum atomic E-state index is 6.55. The summed E-state index contributed by atoms with van der Waals surface area (Å²) < 4.78 is 12.1. The smallest absolute Gasteiger partial charge is 0.223 e. The first-order valence-corrected chi connectivity index (χ1v) is 12.3. The van der Waals surface area contributed by atoms with Crippen LogP contribution in [0.1, 0.15) is 36.9 Å². The van der Waals surface area contributed by atoms with Crippen molar-refractivity contribution in [2.75, 3.05) is 43.6 Å². The molecule has 4 heterocycles. The quantitative estimate of drug-likeness (QED) is 0.616. The first-order valence-electron chi connectivity index (χ1n) is 12.3. The Balaban J connectivity index is 1.12. The van der Waals surface area contributed by atoms with Crippen molar-refractivity contribution < 1.29 is 9.47 Å². The van der Waals surface area contributed by atoms with Crippen LogP contribution in [0.4, 0.5) is 11.6 Å². The van der Waals surface area contributed by atoms with Gasteiger partial charge in [-0.25, -0.2) is 15.0 Å². The fourth-order valence-corrected chi connectivity index (χ4v) is 5.19. The highest BCUT2D eigenvalue weighted by Crippen LogP contribution is 2.33. The predicted molar refractivity (Wildman–Crippen MR) is 130 cm³/mol. The van der Waals surface area contributed by atoms with Gasteiger partial charge in [-0.15, -0.1) is 0 Å². The lowest BCUT2D eigenvalue weighted by molar-refractivity contribution is 0.122. The summed E-state index contributed by atoms with van der Waals surface area (Å²) in [5.41, 5.74) is 5.21. The van der Waals surface area contributed by atoms with E-state index in [-0.39, 0.29) is 6.10 Å². The third-order valence-electron chi connectivity index (χ3n) is 7.01. The Morgan fingerprint density at radius 1 is 1.00 bits per heavy atom. The zero-order chi connectivity index (χ0) is 22.9. The molecule has 0 spiro atoms. The van der Waals surface area contributed by atoms with Crippen LogP contribution in [0.3, 0.4) is 0 Å². The first kappa shape index (κ1) is 21.5. The van der Waals surface area contributed by atoms with Crippen molar-refractivity contribution >= 4 is 22.7 Å². The van der Waals surface area contributed by atoms with Gasteiger partial charge in [-0.05, 0) is 38.8 Å².